The normalized spacial score (nSPS) is 14.8. The molecule has 0 bridgehead atoms. The maximum absolute atomic E-state index is 14.1. The van der Waals surface area contributed by atoms with Crippen LogP contribution in [0.1, 0.15) is 37.5 Å². The Hall–Kier alpha value is -1.61. The van der Waals surface area contributed by atoms with Gasteiger partial charge in [-0.3, -0.25) is 0 Å². The highest BCUT2D eigenvalue weighted by Crippen LogP contribution is 2.57. The van der Waals surface area contributed by atoms with Crippen molar-refractivity contribution in [2.75, 3.05) is 5.73 Å². The van der Waals surface area contributed by atoms with Gasteiger partial charge < -0.3 is 5.73 Å². The van der Waals surface area contributed by atoms with E-state index in [9.17, 15) is 39.5 Å². The van der Waals surface area contributed by atoms with Crippen molar-refractivity contribution < 1.29 is 39.5 Å². The Balaban J connectivity index is 3.67. The van der Waals surface area contributed by atoms with E-state index in [2.05, 4.69) is 0 Å². The van der Waals surface area contributed by atoms with E-state index in [-0.39, 0.29) is 16.8 Å². The molecule has 144 valence electrons. The molecule has 1 aromatic rings. The first-order chi connectivity index (χ1) is 10.8. The summed E-state index contributed by atoms with van der Waals surface area (Å²) >= 11 is 0. The van der Waals surface area contributed by atoms with Gasteiger partial charge in [-0.1, -0.05) is 20.8 Å². The Labute approximate surface area is 138 Å². The summed E-state index contributed by atoms with van der Waals surface area (Å²) in [6, 6.07) is 0.813. The first-order valence-corrected chi connectivity index (χ1v) is 6.89. The zero-order chi connectivity index (χ0) is 20.2. The molecule has 0 aliphatic rings. The fraction of sp³-hybridized carbons (Fsp3) is 0.600. The van der Waals surface area contributed by atoms with Gasteiger partial charge in [0.2, 0.25) is 0 Å². The van der Waals surface area contributed by atoms with E-state index in [0.717, 1.165) is 6.92 Å². The van der Waals surface area contributed by atoms with Crippen LogP contribution in [-0.2, 0) is 11.3 Å². The van der Waals surface area contributed by atoms with Crippen LogP contribution in [0.15, 0.2) is 12.1 Å². The minimum atomic E-state index is -6.93. The summed E-state index contributed by atoms with van der Waals surface area (Å²) in [5, 5.41) is 0. The summed E-state index contributed by atoms with van der Waals surface area (Å²) < 4.78 is 118. The Bertz CT molecular complexity index is 654. The zero-order valence-corrected chi connectivity index (χ0v) is 13.6. The Morgan fingerprint density at radius 3 is 1.56 bits per heavy atom. The molecule has 2 N–H and O–H groups in total. The Kier molecular flexibility index (Phi) is 4.89. The monoisotopic (exact) mass is 381 g/mol. The summed E-state index contributed by atoms with van der Waals surface area (Å²) in [6.07, 6.45) is -6.85. The van der Waals surface area contributed by atoms with Gasteiger partial charge in [0, 0.05) is 11.3 Å². The van der Waals surface area contributed by atoms with E-state index in [1.165, 1.54) is 20.8 Å². The topological polar surface area (TPSA) is 26.0 Å². The van der Waals surface area contributed by atoms with Crippen molar-refractivity contribution in [3.8, 4) is 0 Å². The molecule has 0 radical (unpaired) electrons. The van der Waals surface area contributed by atoms with Gasteiger partial charge in [0.25, 0.3) is 0 Å². The van der Waals surface area contributed by atoms with Crippen LogP contribution >= 0.6 is 0 Å². The van der Waals surface area contributed by atoms with E-state index < -0.39 is 34.9 Å². The van der Waals surface area contributed by atoms with Crippen molar-refractivity contribution in [2.24, 2.45) is 0 Å². The summed E-state index contributed by atoms with van der Waals surface area (Å²) in [5.41, 5.74) is 2.81. The standard InChI is InChI=1S/C15H16F9N/c1-7-5-8(6-9(10(7)25)11(2,3)4)12(16,17)13(18,19)14(20,21)15(22,23)24/h5-6H,25H2,1-4H3. The largest absolute Gasteiger partial charge is 0.460 e. The van der Waals surface area contributed by atoms with Gasteiger partial charge in [-0.15, -0.1) is 0 Å². The van der Waals surface area contributed by atoms with E-state index in [1.807, 2.05) is 0 Å². The molecule has 0 amide bonds. The van der Waals surface area contributed by atoms with Crippen LogP contribution in [0.4, 0.5) is 45.2 Å². The smallest absolute Gasteiger partial charge is 0.398 e. The fourth-order valence-corrected chi connectivity index (χ4v) is 2.16. The summed E-state index contributed by atoms with van der Waals surface area (Å²) in [6.45, 7) is 5.62. The van der Waals surface area contributed by atoms with Crippen LogP contribution < -0.4 is 5.73 Å². The van der Waals surface area contributed by atoms with Crippen molar-refractivity contribution in [2.45, 2.75) is 57.1 Å². The molecule has 0 saturated carbocycles. The minimum absolute atomic E-state index is 0.0436. The Morgan fingerprint density at radius 2 is 1.20 bits per heavy atom. The first kappa shape index (κ1) is 21.4. The molecule has 0 atom stereocenters. The summed E-state index contributed by atoms with van der Waals surface area (Å²) in [5.74, 6) is -19.4. The second-order valence-corrected chi connectivity index (χ2v) is 6.73. The van der Waals surface area contributed by atoms with Gasteiger partial charge in [-0.05, 0) is 35.6 Å². The number of hydrogen-bond donors (Lipinski definition) is 1. The van der Waals surface area contributed by atoms with E-state index in [1.54, 1.807) is 0 Å². The highest BCUT2D eigenvalue weighted by Gasteiger charge is 2.82. The number of hydrogen-bond acceptors (Lipinski definition) is 1. The lowest BCUT2D eigenvalue weighted by atomic mass is 9.82. The molecule has 0 saturated heterocycles. The third-order valence-electron chi connectivity index (χ3n) is 3.70. The lowest BCUT2D eigenvalue weighted by Crippen LogP contribution is -2.59. The number of nitrogen functional groups attached to an aromatic ring is 1. The third kappa shape index (κ3) is 3.27. The second kappa shape index (κ2) is 5.70. The SMILES string of the molecule is Cc1cc(C(F)(F)C(F)(F)C(F)(F)C(F)(F)F)cc(C(C)(C)C)c1N. The number of aryl methyl sites for hydroxylation is 1. The van der Waals surface area contributed by atoms with Crippen LogP contribution in [0.3, 0.4) is 0 Å². The predicted molar refractivity (Wildman–Crippen MR) is 74.1 cm³/mol. The number of halogens is 9. The molecular formula is C15H16F9N. The summed E-state index contributed by atoms with van der Waals surface area (Å²) in [7, 11) is 0. The van der Waals surface area contributed by atoms with E-state index in [4.69, 9.17) is 5.73 Å². The molecular weight excluding hydrogens is 365 g/mol. The average molecular weight is 381 g/mol. The lowest BCUT2D eigenvalue weighted by molar-refractivity contribution is -0.399. The zero-order valence-electron chi connectivity index (χ0n) is 13.6. The van der Waals surface area contributed by atoms with E-state index in [0.29, 0.717) is 12.1 Å². The van der Waals surface area contributed by atoms with E-state index >= 15 is 0 Å². The molecule has 0 spiro atoms. The van der Waals surface area contributed by atoms with Crippen LogP contribution in [0, 0.1) is 6.92 Å². The molecule has 0 aliphatic heterocycles. The van der Waals surface area contributed by atoms with Gasteiger partial charge in [0.05, 0.1) is 0 Å². The number of benzene rings is 1. The molecule has 0 aliphatic carbocycles. The van der Waals surface area contributed by atoms with Gasteiger partial charge in [-0.25, -0.2) is 0 Å². The molecule has 0 heterocycles. The molecule has 1 rings (SSSR count). The molecule has 25 heavy (non-hydrogen) atoms. The second-order valence-electron chi connectivity index (χ2n) is 6.73. The summed E-state index contributed by atoms with van der Waals surface area (Å²) in [4.78, 5) is 0. The maximum atomic E-state index is 14.1. The van der Waals surface area contributed by atoms with Gasteiger partial charge in [-0.2, -0.15) is 39.5 Å². The molecule has 0 unspecified atom stereocenters. The van der Waals surface area contributed by atoms with Gasteiger partial charge in [0.1, 0.15) is 0 Å². The van der Waals surface area contributed by atoms with Gasteiger partial charge in [0.15, 0.2) is 0 Å². The van der Waals surface area contributed by atoms with Crippen molar-refractivity contribution in [3.05, 3.63) is 28.8 Å². The van der Waals surface area contributed by atoms with Crippen molar-refractivity contribution >= 4 is 5.69 Å². The lowest BCUT2D eigenvalue weighted by Gasteiger charge is -2.34. The molecule has 0 fully saturated rings. The van der Waals surface area contributed by atoms with Crippen LogP contribution in [0.5, 0.6) is 0 Å². The van der Waals surface area contributed by atoms with Crippen molar-refractivity contribution in [1.82, 2.24) is 0 Å². The van der Waals surface area contributed by atoms with Crippen LogP contribution in [-0.4, -0.2) is 18.0 Å². The maximum Gasteiger partial charge on any atom is 0.460 e. The number of rotatable bonds is 3. The minimum Gasteiger partial charge on any atom is -0.398 e. The number of anilines is 1. The first-order valence-electron chi connectivity index (χ1n) is 6.89. The van der Waals surface area contributed by atoms with Crippen LogP contribution in [0.25, 0.3) is 0 Å². The van der Waals surface area contributed by atoms with Crippen molar-refractivity contribution in [1.29, 1.82) is 0 Å². The third-order valence-corrected chi connectivity index (χ3v) is 3.70. The predicted octanol–water partition coefficient (Wildman–Crippen LogP) is 5.80. The van der Waals surface area contributed by atoms with Crippen LogP contribution in [0.2, 0.25) is 0 Å². The average Bonchev–Trinajstić information content (AvgIpc) is 2.38. The number of nitrogens with two attached hydrogens (primary N) is 1. The molecule has 10 heteroatoms. The highest BCUT2D eigenvalue weighted by molar-refractivity contribution is 5.58. The van der Waals surface area contributed by atoms with Crippen molar-refractivity contribution in [3.63, 3.8) is 0 Å². The molecule has 1 nitrogen and oxygen atoms in total. The molecule has 0 aromatic heterocycles. The Morgan fingerprint density at radius 1 is 0.760 bits per heavy atom. The number of alkyl halides is 9. The fourth-order valence-electron chi connectivity index (χ4n) is 2.16. The quantitative estimate of drug-likeness (QED) is 0.520. The highest BCUT2D eigenvalue weighted by atomic mass is 19.4. The van der Waals surface area contributed by atoms with Gasteiger partial charge >= 0.3 is 23.9 Å². The molecule has 1 aromatic carbocycles.